The number of hydrogen-bond acceptors (Lipinski definition) is 4. The molecule has 0 radical (unpaired) electrons. The highest BCUT2D eigenvalue weighted by Crippen LogP contribution is 2.33. The van der Waals surface area contributed by atoms with E-state index in [1.165, 1.54) is 35.2 Å². The molecule has 0 heterocycles. The van der Waals surface area contributed by atoms with Gasteiger partial charge in [0.25, 0.3) is 10.0 Å². The van der Waals surface area contributed by atoms with Crippen LogP contribution in [0.3, 0.4) is 0 Å². The molecule has 3 aromatic rings. The molecule has 37 heavy (non-hydrogen) atoms. The fourth-order valence-corrected chi connectivity index (χ4v) is 5.89. The number of sulfonamides is 1. The number of halogens is 3. The van der Waals surface area contributed by atoms with Crippen LogP contribution in [0.15, 0.2) is 82.2 Å². The van der Waals surface area contributed by atoms with Gasteiger partial charge in [0.15, 0.2) is 0 Å². The van der Waals surface area contributed by atoms with E-state index in [-0.39, 0.29) is 28.1 Å². The van der Waals surface area contributed by atoms with Gasteiger partial charge in [-0.2, -0.15) is 0 Å². The molecule has 3 aromatic carbocycles. The quantitative estimate of drug-likeness (QED) is 0.322. The number of hydrogen-bond donors (Lipinski definition) is 1. The van der Waals surface area contributed by atoms with E-state index in [4.69, 9.17) is 23.2 Å². The van der Waals surface area contributed by atoms with Gasteiger partial charge in [0.2, 0.25) is 11.8 Å². The molecule has 0 aliphatic heterocycles. The molecule has 196 valence electrons. The summed E-state index contributed by atoms with van der Waals surface area (Å²) >= 11 is 15.8. The fraction of sp³-hybridized carbons (Fsp3) is 0.231. The molecule has 0 aliphatic rings. The van der Waals surface area contributed by atoms with Crippen molar-refractivity contribution in [3.63, 3.8) is 0 Å². The summed E-state index contributed by atoms with van der Waals surface area (Å²) in [6.45, 7) is 3.28. The highest BCUT2D eigenvalue weighted by Gasteiger charge is 2.33. The molecule has 0 spiro atoms. The second kappa shape index (κ2) is 12.8. The summed E-state index contributed by atoms with van der Waals surface area (Å²) in [7, 11) is -4.20. The number of rotatable bonds is 10. The lowest BCUT2D eigenvalue weighted by atomic mass is 10.1. The van der Waals surface area contributed by atoms with Crippen molar-refractivity contribution in [2.24, 2.45) is 0 Å². The first-order valence-electron chi connectivity index (χ1n) is 11.4. The van der Waals surface area contributed by atoms with E-state index >= 15 is 0 Å². The topological polar surface area (TPSA) is 86.8 Å². The van der Waals surface area contributed by atoms with Gasteiger partial charge in [-0.05, 0) is 61.9 Å². The largest absolute Gasteiger partial charge is 0.355 e. The Labute approximate surface area is 235 Å². The maximum atomic E-state index is 13.8. The zero-order valence-corrected chi connectivity index (χ0v) is 24.1. The standard InChI is InChI=1S/C26H26BrCl2N3O4S/c1-3-30-26(34)18(2)31(16-19-9-11-20(27)12-10-19)25(33)17-32(24-14-13-21(28)15-23(24)29)37(35,36)22-7-5-4-6-8-22/h4-15,18H,3,16-17H2,1-2H3,(H,30,34)/t18-/m1/s1. The third-order valence-electron chi connectivity index (χ3n) is 5.57. The molecule has 3 rings (SSSR count). The summed E-state index contributed by atoms with van der Waals surface area (Å²) < 4.78 is 29.2. The second-order valence-electron chi connectivity index (χ2n) is 8.14. The lowest BCUT2D eigenvalue weighted by Gasteiger charge is -2.32. The monoisotopic (exact) mass is 625 g/mol. The number of nitrogens with one attached hydrogen (secondary N) is 1. The molecule has 0 saturated carbocycles. The summed E-state index contributed by atoms with van der Waals surface area (Å²) in [5.74, 6) is -0.929. The maximum Gasteiger partial charge on any atom is 0.264 e. The van der Waals surface area contributed by atoms with Gasteiger partial charge < -0.3 is 10.2 Å². The SMILES string of the molecule is CCNC(=O)[C@@H](C)N(Cc1ccc(Br)cc1)C(=O)CN(c1ccc(Cl)cc1Cl)S(=O)(=O)c1ccccc1. The number of anilines is 1. The van der Waals surface area contributed by atoms with Crippen LogP contribution in [0, 0.1) is 0 Å². The van der Waals surface area contributed by atoms with E-state index in [0.717, 1.165) is 14.3 Å². The van der Waals surface area contributed by atoms with Gasteiger partial charge in [-0.1, -0.05) is 69.5 Å². The number of nitrogens with zero attached hydrogens (tertiary/aromatic N) is 2. The molecule has 0 fully saturated rings. The summed E-state index contributed by atoms with van der Waals surface area (Å²) in [6.07, 6.45) is 0. The molecule has 1 atom stereocenters. The van der Waals surface area contributed by atoms with Gasteiger partial charge in [0, 0.05) is 22.6 Å². The smallest absolute Gasteiger partial charge is 0.264 e. The van der Waals surface area contributed by atoms with Crippen molar-refractivity contribution < 1.29 is 18.0 Å². The molecule has 1 N–H and O–H groups in total. The van der Waals surface area contributed by atoms with Crippen LogP contribution in [0.2, 0.25) is 10.0 Å². The van der Waals surface area contributed by atoms with Gasteiger partial charge in [-0.3, -0.25) is 13.9 Å². The Hall–Kier alpha value is -2.59. The first kappa shape index (κ1) is 29.0. The van der Waals surface area contributed by atoms with Gasteiger partial charge in [-0.25, -0.2) is 8.42 Å². The third-order valence-corrected chi connectivity index (χ3v) is 8.41. The van der Waals surface area contributed by atoms with Crippen molar-refractivity contribution in [3.8, 4) is 0 Å². The minimum atomic E-state index is -4.20. The van der Waals surface area contributed by atoms with Gasteiger partial charge in [-0.15, -0.1) is 0 Å². The molecule has 0 aromatic heterocycles. The predicted octanol–water partition coefficient (Wildman–Crippen LogP) is 5.50. The van der Waals surface area contributed by atoms with Gasteiger partial charge >= 0.3 is 0 Å². The number of carbonyl (C=O) groups is 2. The molecule has 2 amide bonds. The predicted molar refractivity (Wildman–Crippen MR) is 150 cm³/mol. The van der Waals surface area contributed by atoms with Crippen molar-refractivity contribution in [1.82, 2.24) is 10.2 Å². The molecule has 0 bridgehead atoms. The number of amides is 2. The van der Waals surface area contributed by atoms with Crippen LogP contribution in [0.25, 0.3) is 0 Å². The summed E-state index contributed by atoms with van der Waals surface area (Å²) in [5, 5.41) is 3.11. The van der Waals surface area contributed by atoms with Crippen molar-refractivity contribution in [3.05, 3.63) is 92.9 Å². The van der Waals surface area contributed by atoms with Crippen LogP contribution in [0.1, 0.15) is 19.4 Å². The van der Waals surface area contributed by atoms with E-state index in [1.54, 1.807) is 32.0 Å². The van der Waals surface area contributed by atoms with Crippen LogP contribution < -0.4 is 9.62 Å². The van der Waals surface area contributed by atoms with Gasteiger partial charge in [0.05, 0.1) is 15.6 Å². The molecule has 7 nitrogen and oxygen atoms in total. The maximum absolute atomic E-state index is 13.8. The van der Waals surface area contributed by atoms with Crippen LogP contribution >= 0.6 is 39.1 Å². The van der Waals surface area contributed by atoms with Crippen molar-refractivity contribution >= 4 is 66.7 Å². The van der Waals surface area contributed by atoms with Crippen LogP contribution in [0.5, 0.6) is 0 Å². The fourth-order valence-electron chi connectivity index (χ4n) is 3.61. The lowest BCUT2D eigenvalue weighted by molar-refractivity contribution is -0.139. The Kier molecular flexibility index (Phi) is 10.0. The molecule has 0 aliphatic carbocycles. The summed E-state index contributed by atoms with van der Waals surface area (Å²) in [5.41, 5.74) is 0.868. The zero-order chi connectivity index (χ0) is 27.2. The van der Waals surface area contributed by atoms with Crippen molar-refractivity contribution in [1.29, 1.82) is 0 Å². The average molecular weight is 627 g/mol. The zero-order valence-electron chi connectivity index (χ0n) is 20.2. The first-order chi connectivity index (χ1) is 17.5. The molecule has 11 heteroatoms. The van der Waals surface area contributed by atoms with E-state index in [0.29, 0.717) is 11.6 Å². The van der Waals surface area contributed by atoms with E-state index in [2.05, 4.69) is 21.2 Å². The number of benzene rings is 3. The van der Waals surface area contributed by atoms with Crippen molar-refractivity contribution in [2.45, 2.75) is 31.3 Å². The van der Waals surface area contributed by atoms with E-state index < -0.39 is 28.5 Å². The normalized spacial score (nSPS) is 12.0. The number of carbonyl (C=O) groups excluding carboxylic acids is 2. The van der Waals surface area contributed by atoms with Gasteiger partial charge in [0.1, 0.15) is 12.6 Å². The number of likely N-dealkylation sites (N-methyl/N-ethyl adjacent to an activating group) is 1. The van der Waals surface area contributed by atoms with E-state index in [9.17, 15) is 18.0 Å². The average Bonchev–Trinajstić information content (AvgIpc) is 2.87. The second-order valence-corrected chi connectivity index (χ2v) is 11.8. The Bertz CT molecular complexity index is 1360. The molecule has 0 saturated heterocycles. The molecular formula is C26H26BrCl2N3O4S. The third kappa shape index (κ3) is 7.25. The van der Waals surface area contributed by atoms with E-state index in [1.807, 2.05) is 24.3 Å². The Morgan fingerprint density at radius 3 is 2.24 bits per heavy atom. The minimum absolute atomic E-state index is 0.00921. The highest BCUT2D eigenvalue weighted by molar-refractivity contribution is 9.10. The summed E-state index contributed by atoms with van der Waals surface area (Å²) in [4.78, 5) is 27.8. The lowest BCUT2D eigenvalue weighted by Crippen LogP contribution is -2.51. The molecular weight excluding hydrogens is 601 g/mol. The summed E-state index contributed by atoms with van der Waals surface area (Å²) in [6, 6.07) is 18.5. The molecule has 0 unspecified atom stereocenters. The first-order valence-corrected chi connectivity index (χ1v) is 14.4. The Morgan fingerprint density at radius 2 is 1.65 bits per heavy atom. The Balaban J connectivity index is 2.04. The van der Waals surface area contributed by atoms with Crippen LogP contribution in [0.4, 0.5) is 5.69 Å². The Morgan fingerprint density at radius 1 is 1.00 bits per heavy atom. The van der Waals surface area contributed by atoms with Crippen molar-refractivity contribution in [2.75, 3.05) is 17.4 Å². The minimum Gasteiger partial charge on any atom is -0.355 e. The highest BCUT2D eigenvalue weighted by atomic mass is 79.9. The van der Waals surface area contributed by atoms with Crippen LogP contribution in [-0.2, 0) is 26.2 Å². The van der Waals surface area contributed by atoms with Crippen LogP contribution in [-0.4, -0.2) is 44.3 Å².